The summed E-state index contributed by atoms with van der Waals surface area (Å²) in [5, 5.41) is 5.82. The summed E-state index contributed by atoms with van der Waals surface area (Å²) in [6, 6.07) is 0. The topological polar surface area (TPSA) is 68.2 Å². The van der Waals surface area contributed by atoms with Crippen LogP contribution in [0.15, 0.2) is 12.5 Å². The standard InChI is InChI=1S/C11H20N4O2/c1-12-4-3-10-7-15(9-14-10)8-11(16)13-5-6-17-2/h7,9,12H,3-6,8H2,1-2H3,(H,13,16). The van der Waals surface area contributed by atoms with Crippen molar-refractivity contribution in [2.45, 2.75) is 13.0 Å². The van der Waals surface area contributed by atoms with Crippen LogP contribution in [0.25, 0.3) is 0 Å². The van der Waals surface area contributed by atoms with Crippen molar-refractivity contribution in [1.29, 1.82) is 0 Å². The average molecular weight is 240 g/mol. The van der Waals surface area contributed by atoms with Crippen molar-refractivity contribution in [2.24, 2.45) is 0 Å². The molecule has 1 aromatic heterocycles. The highest BCUT2D eigenvalue weighted by Crippen LogP contribution is 1.96. The summed E-state index contributed by atoms with van der Waals surface area (Å²) in [5.41, 5.74) is 0.990. The zero-order valence-corrected chi connectivity index (χ0v) is 10.4. The van der Waals surface area contributed by atoms with Gasteiger partial charge in [-0.3, -0.25) is 4.79 Å². The molecule has 1 aromatic rings. The number of likely N-dealkylation sites (N-methyl/N-ethyl adjacent to an activating group) is 1. The van der Waals surface area contributed by atoms with Crippen LogP contribution in [-0.2, 0) is 22.5 Å². The van der Waals surface area contributed by atoms with Crippen LogP contribution < -0.4 is 10.6 Å². The number of rotatable bonds is 8. The number of imidazole rings is 1. The van der Waals surface area contributed by atoms with E-state index in [1.54, 1.807) is 18.0 Å². The molecule has 96 valence electrons. The second-order valence-electron chi connectivity index (χ2n) is 3.73. The number of carbonyl (C=O) groups is 1. The fraction of sp³-hybridized carbons (Fsp3) is 0.636. The summed E-state index contributed by atoms with van der Waals surface area (Å²) in [6.45, 7) is 2.26. The van der Waals surface area contributed by atoms with Crippen molar-refractivity contribution < 1.29 is 9.53 Å². The quantitative estimate of drug-likeness (QED) is 0.596. The van der Waals surface area contributed by atoms with Gasteiger partial charge in [-0.15, -0.1) is 0 Å². The maximum atomic E-state index is 11.5. The van der Waals surface area contributed by atoms with E-state index in [9.17, 15) is 4.79 Å². The van der Waals surface area contributed by atoms with Gasteiger partial charge in [0.05, 0.1) is 18.6 Å². The Labute approximate surface area is 101 Å². The monoisotopic (exact) mass is 240 g/mol. The SMILES string of the molecule is CNCCc1cn(CC(=O)NCCOC)cn1. The Kier molecular flexibility index (Phi) is 6.27. The molecule has 0 unspecified atom stereocenters. The summed E-state index contributed by atoms with van der Waals surface area (Å²) >= 11 is 0. The lowest BCUT2D eigenvalue weighted by Crippen LogP contribution is -2.30. The minimum Gasteiger partial charge on any atom is -0.383 e. The zero-order chi connectivity index (χ0) is 12.5. The summed E-state index contributed by atoms with van der Waals surface area (Å²) < 4.78 is 6.63. The Morgan fingerprint density at radius 1 is 1.53 bits per heavy atom. The van der Waals surface area contributed by atoms with Crippen LogP contribution in [0.3, 0.4) is 0 Å². The Balaban J connectivity index is 2.30. The van der Waals surface area contributed by atoms with E-state index in [-0.39, 0.29) is 5.91 Å². The highest BCUT2D eigenvalue weighted by atomic mass is 16.5. The predicted octanol–water partition coefficient (Wildman–Crippen LogP) is -0.592. The van der Waals surface area contributed by atoms with Gasteiger partial charge in [0.1, 0.15) is 6.54 Å². The van der Waals surface area contributed by atoms with Crippen LogP contribution in [0, 0.1) is 0 Å². The molecule has 0 aromatic carbocycles. The second kappa shape index (κ2) is 7.81. The molecular formula is C11H20N4O2. The van der Waals surface area contributed by atoms with Crippen molar-refractivity contribution in [3.8, 4) is 0 Å². The summed E-state index contributed by atoms with van der Waals surface area (Å²) in [4.78, 5) is 15.7. The van der Waals surface area contributed by atoms with Crippen LogP contribution in [0.1, 0.15) is 5.69 Å². The molecule has 6 heteroatoms. The van der Waals surface area contributed by atoms with Crippen LogP contribution in [0.5, 0.6) is 0 Å². The van der Waals surface area contributed by atoms with E-state index < -0.39 is 0 Å². The smallest absolute Gasteiger partial charge is 0.240 e. The molecule has 1 heterocycles. The Bertz CT molecular complexity index is 338. The van der Waals surface area contributed by atoms with E-state index in [4.69, 9.17) is 4.74 Å². The highest BCUT2D eigenvalue weighted by Gasteiger charge is 2.03. The first-order chi connectivity index (χ1) is 8.26. The van der Waals surface area contributed by atoms with E-state index in [1.165, 1.54) is 0 Å². The first kappa shape index (κ1) is 13.7. The fourth-order valence-electron chi connectivity index (χ4n) is 1.39. The molecule has 1 rings (SSSR count). The predicted molar refractivity (Wildman–Crippen MR) is 64.7 cm³/mol. The van der Waals surface area contributed by atoms with Gasteiger partial charge in [-0.25, -0.2) is 4.98 Å². The maximum absolute atomic E-state index is 11.5. The summed E-state index contributed by atoms with van der Waals surface area (Å²) in [5.74, 6) is -0.0281. The van der Waals surface area contributed by atoms with Crippen LogP contribution >= 0.6 is 0 Å². The van der Waals surface area contributed by atoms with Gasteiger partial charge in [0.25, 0.3) is 0 Å². The van der Waals surface area contributed by atoms with Crippen molar-refractivity contribution in [2.75, 3.05) is 33.9 Å². The van der Waals surface area contributed by atoms with E-state index in [2.05, 4.69) is 15.6 Å². The van der Waals surface area contributed by atoms with Gasteiger partial charge >= 0.3 is 0 Å². The molecule has 0 bridgehead atoms. The molecular weight excluding hydrogens is 220 g/mol. The first-order valence-electron chi connectivity index (χ1n) is 5.67. The van der Waals surface area contributed by atoms with E-state index in [0.29, 0.717) is 19.7 Å². The van der Waals surface area contributed by atoms with Crippen molar-refractivity contribution in [3.63, 3.8) is 0 Å². The number of methoxy groups -OCH3 is 1. The first-order valence-corrected chi connectivity index (χ1v) is 5.67. The lowest BCUT2D eigenvalue weighted by atomic mass is 10.3. The van der Waals surface area contributed by atoms with Crippen LogP contribution in [0.4, 0.5) is 0 Å². The maximum Gasteiger partial charge on any atom is 0.240 e. The van der Waals surface area contributed by atoms with E-state index in [1.807, 2.05) is 13.2 Å². The molecule has 2 N–H and O–H groups in total. The fourth-order valence-corrected chi connectivity index (χ4v) is 1.39. The molecule has 0 atom stereocenters. The number of ether oxygens (including phenoxy) is 1. The second-order valence-corrected chi connectivity index (χ2v) is 3.73. The third kappa shape index (κ3) is 5.46. The van der Waals surface area contributed by atoms with Gasteiger partial charge in [0.15, 0.2) is 0 Å². The highest BCUT2D eigenvalue weighted by molar-refractivity contribution is 5.75. The van der Waals surface area contributed by atoms with Crippen LogP contribution in [-0.4, -0.2) is 49.3 Å². The Morgan fingerprint density at radius 3 is 3.06 bits per heavy atom. The molecule has 0 saturated carbocycles. The molecule has 17 heavy (non-hydrogen) atoms. The van der Waals surface area contributed by atoms with E-state index >= 15 is 0 Å². The molecule has 0 radical (unpaired) electrons. The number of carbonyl (C=O) groups excluding carboxylic acids is 1. The average Bonchev–Trinajstić information content (AvgIpc) is 2.74. The van der Waals surface area contributed by atoms with Gasteiger partial charge in [0, 0.05) is 32.8 Å². The molecule has 6 nitrogen and oxygen atoms in total. The Hall–Kier alpha value is -1.40. The summed E-state index contributed by atoms with van der Waals surface area (Å²) in [7, 11) is 3.51. The molecule has 0 spiro atoms. The number of hydrogen-bond acceptors (Lipinski definition) is 4. The van der Waals surface area contributed by atoms with Gasteiger partial charge in [0.2, 0.25) is 5.91 Å². The third-order valence-corrected chi connectivity index (χ3v) is 2.27. The largest absolute Gasteiger partial charge is 0.383 e. The third-order valence-electron chi connectivity index (χ3n) is 2.27. The van der Waals surface area contributed by atoms with Gasteiger partial charge in [-0.2, -0.15) is 0 Å². The number of aromatic nitrogens is 2. The number of hydrogen-bond donors (Lipinski definition) is 2. The number of nitrogens with one attached hydrogen (secondary N) is 2. The molecule has 0 aliphatic rings. The Morgan fingerprint density at radius 2 is 2.35 bits per heavy atom. The minimum absolute atomic E-state index is 0.0281. The normalized spacial score (nSPS) is 10.5. The van der Waals surface area contributed by atoms with Gasteiger partial charge < -0.3 is 19.9 Å². The summed E-state index contributed by atoms with van der Waals surface area (Å²) in [6.07, 6.45) is 4.45. The number of amides is 1. The molecule has 0 saturated heterocycles. The molecule has 0 aliphatic carbocycles. The van der Waals surface area contributed by atoms with Crippen molar-refractivity contribution in [3.05, 3.63) is 18.2 Å². The molecule has 1 amide bonds. The van der Waals surface area contributed by atoms with Crippen LogP contribution in [0.2, 0.25) is 0 Å². The molecule has 0 aliphatic heterocycles. The zero-order valence-electron chi connectivity index (χ0n) is 10.4. The van der Waals surface area contributed by atoms with Gasteiger partial charge in [-0.1, -0.05) is 0 Å². The van der Waals surface area contributed by atoms with Crippen molar-refractivity contribution >= 4 is 5.91 Å². The lowest BCUT2D eigenvalue weighted by molar-refractivity contribution is -0.121. The molecule has 0 fully saturated rings. The number of nitrogens with zero attached hydrogens (tertiary/aromatic N) is 2. The van der Waals surface area contributed by atoms with Gasteiger partial charge in [-0.05, 0) is 7.05 Å². The van der Waals surface area contributed by atoms with Crippen molar-refractivity contribution in [1.82, 2.24) is 20.2 Å². The minimum atomic E-state index is -0.0281. The van der Waals surface area contributed by atoms with E-state index in [0.717, 1.165) is 18.7 Å². The lowest BCUT2D eigenvalue weighted by Gasteiger charge is -2.04.